The second-order valence-electron chi connectivity index (χ2n) is 4.94. The molecule has 0 bridgehead atoms. The number of carboxylic acids is 1. The molecule has 3 heteroatoms. The molecule has 104 valence electrons. The Morgan fingerprint density at radius 2 is 1.50 bits per heavy atom. The highest BCUT2D eigenvalue weighted by Gasteiger charge is 2.22. The first-order valence-electron chi connectivity index (χ1n) is 6.67. The first-order valence-corrected chi connectivity index (χ1v) is 6.67. The molecule has 1 N–H and O–H groups in total. The number of hydrogen-bond donors (Lipinski definition) is 1. The van der Waals surface area contributed by atoms with E-state index in [2.05, 4.69) is 0 Å². The Morgan fingerprint density at radius 1 is 1.00 bits per heavy atom. The largest absolute Gasteiger partial charge is 0.480 e. The van der Waals surface area contributed by atoms with Crippen molar-refractivity contribution in [2.45, 2.75) is 19.0 Å². The second kappa shape index (κ2) is 6.87. The van der Waals surface area contributed by atoms with Crippen molar-refractivity contribution in [1.82, 2.24) is 4.90 Å². The number of benzene rings is 2. The zero-order chi connectivity index (χ0) is 14.4. The molecule has 2 aromatic carbocycles. The molecule has 0 aliphatic rings. The van der Waals surface area contributed by atoms with E-state index in [1.165, 1.54) is 0 Å². The SMILES string of the molecule is CN(Cc1ccccc1)C(Cc1ccccc1)C(=O)O. The second-order valence-corrected chi connectivity index (χ2v) is 4.94. The van der Waals surface area contributed by atoms with Gasteiger partial charge in [0, 0.05) is 6.54 Å². The maximum atomic E-state index is 11.5. The lowest BCUT2D eigenvalue weighted by Gasteiger charge is -2.24. The summed E-state index contributed by atoms with van der Waals surface area (Å²) in [7, 11) is 1.86. The van der Waals surface area contributed by atoms with Crippen molar-refractivity contribution in [1.29, 1.82) is 0 Å². The van der Waals surface area contributed by atoms with Crippen molar-refractivity contribution in [3.05, 3.63) is 71.8 Å². The van der Waals surface area contributed by atoms with E-state index < -0.39 is 12.0 Å². The van der Waals surface area contributed by atoms with Crippen LogP contribution in [0.1, 0.15) is 11.1 Å². The van der Waals surface area contributed by atoms with Gasteiger partial charge in [-0.25, -0.2) is 0 Å². The van der Waals surface area contributed by atoms with Crippen LogP contribution in [0.25, 0.3) is 0 Å². The van der Waals surface area contributed by atoms with Gasteiger partial charge in [-0.2, -0.15) is 0 Å². The Hall–Kier alpha value is -2.13. The summed E-state index contributed by atoms with van der Waals surface area (Å²) in [6, 6.07) is 19.1. The van der Waals surface area contributed by atoms with E-state index in [-0.39, 0.29) is 0 Å². The number of likely N-dealkylation sites (N-methyl/N-ethyl adjacent to an activating group) is 1. The van der Waals surface area contributed by atoms with Crippen LogP contribution in [0.5, 0.6) is 0 Å². The molecule has 0 aromatic heterocycles. The van der Waals surface area contributed by atoms with Gasteiger partial charge in [-0.15, -0.1) is 0 Å². The molecule has 0 aliphatic heterocycles. The molecule has 0 radical (unpaired) electrons. The van der Waals surface area contributed by atoms with Crippen molar-refractivity contribution in [2.24, 2.45) is 0 Å². The van der Waals surface area contributed by atoms with Gasteiger partial charge in [-0.3, -0.25) is 9.69 Å². The lowest BCUT2D eigenvalue weighted by molar-refractivity contribution is -0.142. The number of rotatable bonds is 6. The van der Waals surface area contributed by atoms with Gasteiger partial charge < -0.3 is 5.11 Å². The van der Waals surface area contributed by atoms with Gasteiger partial charge >= 0.3 is 5.97 Å². The Morgan fingerprint density at radius 3 is 2.00 bits per heavy atom. The molecular formula is C17H19NO2. The lowest BCUT2D eigenvalue weighted by Crippen LogP contribution is -2.39. The van der Waals surface area contributed by atoms with Crippen LogP contribution >= 0.6 is 0 Å². The van der Waals surface area contributed by atoms with Gasteiger partial charge in [0.05, 0.1) is 0 Å². The molecule has 2 rings (SSSR count). The third-order valence-electron chi connectivity index (χ3n) is 3.36. The van der Waals surface area contributed by atoms with Crippen LogP contribution in [0.15, 0.2) is 60.7 Å². The van der Waals surface area contributed by atoms with E-state index in [1.54, 1.807) is 0 Å². The fourth-order valence-electron chi connectivity index (χ4n) is 2.25. The van der Waals surface area contributed by atoms with E-state index in [4.69, 9.17) is 0 Å². The highest BCUT2D eigenvalue weighted by molar-refractivity contribution is 5.73. The number of hydrogen-bond acceptors (Lipinski definition) is 2. The Labute approximate surface area is 119 Å². The van der Waals surface area contributed by atoms with Crippen molar-refractivity contribution in [3.63, 3.8) is 0 Å². The third kappa shape index (κ3) is 3.93. The molecule has 2 aromatic rings. The summed E-state index contributed by atoms with van der Waals surface area (Å²) in [5.41, 5.74) is 2.16. The van der Waals surface area contributed by atoms with E-state index in [9.17, 15) is 9.90 Å². The van der Waals surface area contributed by atoms with Crippen LogP contribution in [-0.2, 0) is 17.8 Å². The highest BCUT2D eigenvalue weighted by atomic mass is 16.4. The quantitative estimate of drug-likeness (QED) is 0.876. The van der Waals surface area contributed by atoms with Crippen LogP contribution in [0.2, 0.25) is 0 Å². The summed E-state index contributed by atoms with van der Waals surface area (Å²) in [4.78, 5) is 13.4. The first-order chi connectivity index (χ1) is 9.66. The molecule has 0 heterocycles. The van der Waals surface area contributed by atoms with Crippen LogP contribution in [-0.4, -0.2) is 29.1 Å². The standard InChI is InChI=1S/C17H19NO2/c1-18(13-15-10-6-3-7-11-15)16(17(19)20)12-14-8-4-2-5-9-14/h2-11,16H,12-13H2,1H3,(H,19,20). The minimum absolute atomic E-state index is 0.513. The van der Waals surface area contributed by atoms with Crippen molar-refractivity contribution in [2.75, 3.05) is 7.05 Å². The Balaban J connectivity index is 2.06. The molecule has 0 spiro atoms. The van der Waals surface area contributed by atoms with Gasteiger partial charge in [0.25, 0.3) is 0 Å². The predicted molar refractivity (Wildman–Crippen MR) is 79.5 cm³/mol. The van der Waals surface area contributed by atoms with Crippen LogP contribution in [0.4, 0.5) is 0 Å². The molecule has 1 atom stereocenters. The average molecular weight is 269 g/mol. The van der Waals surface area contributed by atoms with Gasteiger partial charge in [0.2, 0.25) is 0 Å². The van der Waals surface area contributed by atoms with E-state index in [0.29, 0.717) is 13.0 Å². The molecule has 0 saturated heterocycles. The molecule has 20 heavy (non-hydrogen) atoms. The molecular weight excluding hydrogens is 250 g/mol. The van der Waals surface area contributed by atoms with Crippen LogP contribution < -0.4 is 0 Å². The van der Waals surface area contributed by atoms with Gasteiger partial charge in [0.15, 0.2) is 0 Å². The lowest BCUT2D eigenvalue weighted by atomic mass is 10.0. The first kappa shape index (κ1) is 14.3. The fourth-order valence-corrected chi connectivity index (χ4v) is 2.25. The zero-order valence-electron chi connectivity index (χ0n) is 11.6. The maximum absolute atomic E-state index is 11.5. The van der Waals surface area contributed by atoms with Crippen molar-refractivity contribution >= 4 is 5.97 Å². The summed E-state index contributed by atoms with van der Waals surface area (Å²) in [6.45, 7) is 0.630. The fraction of sp³-hybridized carbons (Fsp3) is 0.235. The molecule has 0 amide bonds. The molecule has 1 unspecified atom stereocenters. The maximum Gasteiger partial charge on any atom is 0.321 e. The van der Waals surface area contributed by atoms with E-state index in [0.717, 1.165) is 11.1 Å². The summed E-state index contributed by atoms with van der Waals surface area (Å²) in [5.74, 6) is -0.785. The zero-order valence-corrected chi connectivity index (χ0v) is 11.6. The number of carboxylic acid groups (broad SMARTS) is 1. The minimum Gasteiger partial charge on any atom is -0.480 e. The van der Waals surface area contributed by atoms with E-state index >= 15 is 0 Å². The summed E-state index contributed by atoms with van der Waals surface area (Å²) < 4.78 is 0. The van der Waals surface area contributed by atoms with Crippen LogP contribution in [0, 0.1) is 0 Å². The van der Waals surface area contributed by atoms with Gasteiger partial charge in [-0.1, -0.05) is 60.7 Å². The highest BCUT2D eigenvalue weighted by Crippen LogP contribution is 2.11. The third-order valence-corrected chi connectivity index (χ3v) is 3.36. The predicted octanol–water partition coefficient (Wildman–Crippen LogP) is 2.81. The molecule has 0 saturated carbocycles. The summed E-state index contributed by atoms with van der Waals surface area (Å²) in [5, 5.41) is 9.44. The monoisotopic (exact) mass is 269 g/mol. The van der Waals surface area contributed by atoms with E-state index in [1.807, 2.05) is 72.6 Å². The summed E-state index contributed by atoms with van der Waals surface area (Å²) in [6.07, 6.45) is 0.513. The normalized spacial score (nSPS) is 12.3. The minimum atomic E-state index is -0.785. The Bertz CT molecular complexity index is 539. The van der Waals surface area contributed by atoms with Gasteiger partial charge in [0.1, 0.15) is 6.04 Å². The smallest absolute Gasteiger partial charge is 0.321 e. The molecule has 0 fully saturated rings. The van der Waals surface area contributed by atoms with Crippen LogP contribution in [0.3, 0.4) is 0 Å². The number of aliphatic carboxylic acids is 1. The van der Waals surface area contributed by atoms with Crippen molar-refractivity contribution in [3.8, 4) is 0 Å². The average Bonchev–Trinajstić information content (AvgIpc) is 2.46. The molecule has 0 aliphatic carbocycles. The molecule has 3 nitrogen and oxygen atoms in total. The topological polar surface area (TPSA) is 40.5 Å². The number of nitrogens with zero attached hydrogens (tertiary/aromatic N) is 1. The number of carbonyl (C=O) groups is 1. The Kier molecular flexibility index (Phi) is 4.91. The van der Waals surface area contributed by atoms with Gasteiger partial charge in [-0.05, 0) is 24.6 Å². The van der Waals surface area contributed by atoms with Crippen molar-refractivity contribution < 1.29 is 9.90 Å². The summed E-state index contributed by atoms with van der Waals surface area (Å²) >= 11 is 0.